The van der Waals surface area contributed by atoms with Crippen molar-refractivity contribution in [1.29, 1.82) is 0 Å². The molecule has 0 saturated carbocycles. The van der Waals surface area contributed by atoms with Crippen LogP contribution in [-0.2, 0) is 4.74 Å². The summed E-state index contributed by atoms with van der Waals surface area (Å²) in [6.45, 7) is 8.25. The molecule has 0 bridgehead atoms. The van der Waals surface area contributed by atoms with Crippen LogP contribution in [0.15, 0.2) is 18.2 Å². The van der Waals surface area contributed by atoms with Crippen molar-refractivity contribution >= 4 is 0 Å². The van der Waals surface area contributed by atoms with Crippen LogP contribution in [0.1, 0.15) is 37.9 Å². The third kappa shape index (κ3) is 5.59. The quantitative estimate of drug-likeness (QED) is 0.794. The zero-order valence-corrected chi connectivity index (χ0v) is 12.2. The monoisotopic (exact) mass is 267 g/mol. The first-order valence-corrected chi connectivity index (χ1v) is 6.68. The van der Waals surface area contributed by atoms with Crippen molar-refractivity contribution in [1.82, 2.24) is 0 Å². The van der Waals surface area contributed by atoms with Crippen LogP contribution in [0.25, 0.3) is 0 Å². The van der Waals surface area contributed by atoms with E-state index in [9.17, 15) is 5.11 Å². The summed E-state index contributed by atoms with van der Waals surface area (Å²) in [4.78, 5) is 0. The highest BCUT2D eigenvalue weighted by Crippen LogP contribution is 2.25. The Kier molecular flexibility index (Phi) is 6.28. The van der Waals surface area contributed by atoms with E-state index in [0.29, 0.717) is 0 Å². The third-order valence-electron chi connectivity index (χ3n) is 2.71. The Morgan fingerprint density at radius 1 is 1.21 bits per heavy atom. The first-order chi connectivity index (χ1) is 8.90. The first-order valence-electron chi connectivity index (χ1n) is 6.68. The van der Waals surface area contributed by atoms with Crippen molar-refractivity contribution in [2.75, 3.05) is 13.2 Å². The summed E-state index contributed by atoms with van der Waals surface area (Å²) in [6, 6.07) is 5.81. The summed E-state index contributed by atoms with van der Waals surface area (Å²) in [5, 5.41) is 9.78. The van der Waals surface area contributed by atoms with Crippen LogP contribution in [0, 0.1) is 6.92 Å². The molecule has 19 heavy (non-hydrogen) atoms. The molecule has 1 aromatic carbocycles. The van der Waals surface area contributed by atoms with E-state index in [-0.39, 0.29) is 25.4 Å². The van der Waals surface area contributed by atoms with Crippen molar-refractivity contribution in [3.63, 3.8) is 0 Å². The molecule has 0 radical (unpaired) electrons. The normalized spacial score (nSPS) is 14.5. The molecule has 0 aromatic heterocycles. The van der Waals surface area contributed by atoms with Gasteiger partial charge in [0.1, 0.15) is 18.5 Å². The van der Waals surface area contributed by atoms with Gasteiger partial charge in [-0.05, 0) is 39.3 Å². The second-order valence-corrected chi connectivity index (χ2v) is 5.18. The number of aliphatic hydroxyl groups excluding tert-OH is 1. The van der Waals surface area contributed by atoms with Gasteiger partial charge in [-0.15, -0.1) is 0 Å². The predicted molar refractivity (Wildman–Crippen MR) is 76.4 cm³/mol. The maximum absolute atomic E-state index is 9.78. The number of ether oxygens (including phenoxy) is 2. The minimum atomic E-state index is -0.635. The average molecular weight is 267 g/mol. The minimum absolute atomic E-state index is 0.0975. The molecule has 0 aliphatic carbocycles. The number of hydrogen-bond acceptors (Lipinski definition) is 4. The zero-order valence-electron chi connectivity index (χ0n) is 12.2. The highest BCUT2D eigenvalue weighted by Gasteiger charge is 2.11. The lowest BCUT2D eigenvalue weighted by Crippen LogP contribution is -2.25. The van der Waals surface area contributed by atoms with E-state index in [2.05, 4.69) is 0 Å². The molecular formula is C15H25NO3. The van der Waals surface area contributed by atoms with Crippen molar-refractivity contribution in [3.05, 3.63) is 29.3 Å². The Morgan fingerprint density at radius 2 is 1.89 bits per heavy atom. The molecule has 0 spiro atoms. The summed E-state index contributed by atoms with van der Waals surface area (Å²) in [5.74, 6) is 0.735. The Morgan fingerprint density at radius 3 is 2.47 bits per heavy atom. The maximum atomic E-state index is 9.78. The summed E-state index contributed by atoms with van der Waals surface area (Å²) in [5.41, 5.74) is 7.95. The molecule has 0 aliphatic heterocycles. The molecule has 2 atom stereocenters. The van der Waals surface area contributed by atoms with Gasteiger partial charge in [0, 0.05) is 11.6 Å². The highest BCUT2D eigenvalue weighted by molar-refractivity contribution is 5.38. The van der Waals surface area contributed by atoms with Gasteiger partial charge in [0.25, 0.3) is 0 Å². The Balaban J connectivity index is 2.59. The predicted octanol–water partition coefficient (Wildman–Crippen LogP) is 2.18. The fourth-order valence-electron chi connectivity index (χ4n) is 1.68. The minimum Gasteiger partial charge on any atom is -0.490 e. The van der Waals surface area contributed by atoms with Crippen LogP contribution < -0.4 is 10.5 Å². The molecule has 0 aliphatic rings. The topological polar surface area (TPSA) is 64.7 Å². The van der Waals surface area contributed by atoms with Gasteiger partial charge in [-0.2, -0.15) is 0 Å². The number of benzene rings is 1. The Hall–Kier alpha value is -1.10. The second kappa shape index (κ2) is 7.48. The summed E-state index contributed by atoms with van der Waals surface area (Å²) < 4.78 is 11.0. The van der Waals surface area contributed by atoms with Gasteiger partial charge in [0.2, 0.25) is 0 Å². The third-order valence-corrected chi connectivity index (χ3v) is 2.71. The number of hydrogen-bond donors (Lipinski definition) is 2. The molecule has 0 fully saturated rings. The second-order valence-electron chi connectivity index (χ2n) is 5.18. The zero-order chi connectivity index (χ0) is 14.4. The van der Waals surface area contributed by atoms with Crippen molar-refractivity contribution < 1.29 is 14.6 Å². The lowest BCUT2D eigenvalue weighted by Gasteiger charge is -2.18. The van der Waals surface area contributed by atoms with Crippen molar-refractivity contribution in [2.24, 2.45) is 5.73 Å². The van der Waals surface area contributed by atoms with Gasteiger partial charge < -0.3 is 20.3 Å². The summed E-state index contributed by atoms with van der Waals surface area (Å²) in [7, 11) is 0. The van der Waals surface area contributed by atoms with Crippen molar-refractivity contribution in [2.45, 2.75) is 45.9 Å². The van der Waals surface area contributed by atoms with Crippen LogP contribution in [-0.4, -0.2) is 30.5 Å². The van der Waals surface area contributed by atoms with Gasteiger partial charge in [-0.3, -0.25) is 0 Å². The number of aliphatic hydroxyl groups is 1. The smallest absolute Gasteiger partial charge is 0.124 e. The van der Waals surface area contributed by atoms with Gasteiger partial charge in [-0.25, -0.2) is 0 Å². The first kappa shape index (κ1) is 16.0. The molecule has 2 unspecified atom stereocenters. The Bertz CT molecular complexity index is 391. The van der Waals surface area contributed by atoms with Crippen LogP contribution in [0.2, 0.25) is 0 Å². The molecule has 4 nitrogen and oxygen atoms in total. The number of aryl methyl sites for hydroxylation is 1. The van der Waals surface area contributed by atoms with E-state index >= 15 is 0 Å². The molecule has 4 heteroatoms. The summed E-state index contributed by atoms with van der Waals surface area (Å²) in [6.07, 6.45) is -0.530. The molecular weight excluding hydrogens is 242 g/mol. The van der Waals surface area contributed by atoms with E-state index in [1.165, 1.54) is 0 Å². The van der Waals surface area contributed by atoms with Crippen LogP contribution in [0.4, 0.5) is 0 Å². The summed E-state index contributed by atoms with van der Waals surface area (Å²) >= 11 is 0. The highest BCUT2D eigenvalue weighted by atomic mass is 16.5. The fraction of sp³-hybridized carbons (Fsp3) is 0.600. The average Bonchev–Trinajstić information content (AvgIpc) is 2.33. The lowest BCUT2D eigenvalue weighted by atomic mass is 10.1. The van der Waals surface area contributed by atoms with E-state index in [1.807, 2.05) is 45.9 Å². The number of nitrogens with two attached hydrogens (primary N) is 1. The van der Waals surface area contributed by atoms with Crippen LogP contribution in [0.3, 0.4) is 0 Å². The van der Waals surface area contributed by atoms with Gasteiger partial charge in [0.05, 0.1) is 12.7 Å². The SMILES string of the molecule is Cc1ccc(C(C)N)c(OCC(O)COC(C)C)c1. The molecule has 0 amide bonds. The number of rotatable bonds is 7. The molecule has 0 saturated heterocycles. The van der Waals surface area contributed by atoms with E-state index in [4.69, 9.17) is 15.2 Å². The van der Waals surface area contributed by atoms with Crippen molar-refractivity contribution in [3.8, 4) is 5.75 Å². The Labute approximate surface area is 115 Å². The van der Waals surface area contributed by atoms with E-state index in [1.54, 1.807) is 0 Å². The van der Waals surface area contributed by atoms with Crippen LogP contribution in [0.5, 0.6) is 5.75 Å². The standard InChI is InChI=1S/C15H25NO3/c1-10(2)18-8-13(17)9-19-15-7-11(3)5-6-14(15)12(4)16/h5-7,10,12-13,17H,8-9,16H2,1-4H3. The molecule has 0 heterocycles. The molecule has 1 aromatic rings. The van der Waals surface area contributed by atoms with E-state index in [0.717, 1.165) is 16.9 Å². The van der Waals surface area contributed by atoms with Crippen LogP contribution >= 0.6 is 0 Å². The van der Waals surface area contributed by atoms with Gasteiger partial charge in [0.15, 0.2) is 0 Å². The van der Waals surface area contributed by atoms with Gasteiger partial charge in [-0.1, -0.05) is 12.1 Å². The molecule has 1 rings (SSSR count). The van der Waals surface area contributed by atoms with E-state index < -0.39 is 6.10 Å². The molecule has 3 N–H and O–H groups in total. The maximum Gasteiger partial charge on any atom is 0.124 e. The fourth-order valence-corrected chi connectivity index (χ4v) is 1.68. The largest absolute Gasteiger partial charge is 0.490 e. The lowest BCUT2D eigenvalue weighted by molar-refractivity contribution is -0.0124. The van der Waals surface area contributed by atoms with Gasteiger partial charge >= 0.3 is 0 Å². The molecule has 108 valence electrons.